The average molecular weight is 374 g/mol. The Balaban J connectivity index is 1.98. The van der Waals surface area contributed by atoms with Gasteiger partial charge in [0.05, 0.1) is 7.11 Å². The van der Waals surface area contributed by atoms with E-state index < -0.39 is 23.9 Å². The molecule has 0 heterocycles. The first kappa shape index (κ1) is 20.2. The predicted molar refractivity (Wildman–Crippen MR) is 100.0 cm³/mol. The molecule has 0 bridgehead atoms. The molecule has 27 heavy (non-hydrogen) atoms. The highest BCUT2D eigenvalue weighted by atomic mass is 19.1. The maximum absolute atomic E-state index is 13.4. The van der Waals surface area contributed by atoms with E-state index in [2.05, 4.69) is 10.6 Å². The molecule has 1 atom stereocenters. The number of esters is 1. The minimum atomic E-state index is -0.853. The zero-order valence-electron chi connectivity index (χ0n) is 15.5. The quantitative estimate of drug-likeness (QED) is 0.724. The van der Waals surface area contributed by atoms with Gasteiger partial charge in [-0.15, -0.1) is 0 Å². The van der Waals surface area contributed by atoms with Gasteiger partial charge in [-0.05, 0) is 36.2 Å². The summed E-state index contributed by atoms with van der Waals surface area (Å²) in [6.45, 7) is 3.42. The van der Waals surface area contributed by atoms with Gasteiger partial charge in [-0.3, -0.25) is 0 Å². The number of amides is 2. The SMILES string of the molecule is COc1ccc(F)cc1COC(=O)[C@@H](NC(=O)Nc1ccccc1)C(C)C. The van der Waals surface area contributed by atoms with Crippen LogP contribution in [0, 0.1) is 11.7 Å². The summed E-state index contributed by atoms with van der Waals surface area (Å²) in [5.74, 6) is -0.851. The summed E-state index contributed by atoms with van der Waals surface area (Å²) >= 11 is 0. The Labute approximate surface area is 157 Å². The van der Waals surface area contributed by atoms with Crippen molar-refractivity contribution < 1.29 is 23.5 Å². The van der Waals surface area contributed by atoms with Crippen LogP contribution in [0.5, 0.6) is 5.75 Å². The summed E-state index contributed by atoms with van der Waals surface area (Å²) in [4.78, 5) is 24.6. The first-order chi connectivity index (χ1) is 12.9. The van der Waals surface area contributed by atoms with Gasteiger partial charge in [0.15, 0.2) is 0 Å². The van der Waals surface area contributed by atoms with Crippen LogP contribution < -0.4 is 15.4 Å². The molecule has 2 amide bonds. The Morgan fingerprint density at radius 2 is 1.81 bits per heavy atom. The number of carbonyl (C=O) groups is 2. The number of hydrogen-bond acceptors (Lipinski definition) is 4. The van der Waals surface area contributed by atoms with Gasteiger partial charge in [0.2, 0.25) is 0 Å². The number of halogens is 1. The van der Waals surface area contributed by atoms with Crippen LogP contribution in [-0.2, 0) is 16.1 Å². The number of ether oxygens (including phenoxy) is 2. The Bertz CT molecular complexity index is 781. The van der Waals surface area contributed by atoms with E-state index in [1.54, 1.807) is 38.1 Å². The van der Waals surface area contributed by atoms with Crippen molar-refractivity contribution in [2.45, 2.75) is 26.5 Å². The van der Waals surface area contributed by atoms with Gasteiger partial charge in [0, 0.05) is 11.3 Å². The number of nitrogens with one attached hydrogen (secondary N) is 2. The lowest BCUT2D eigenvalue weighted by atomic mass is 10.1. The molecular weight excluding hydrogens is 351 g/mol. The summed E-state index contributed by atoms with van der Waals surface area (Å²) in [5, 5.41) is 5.27. The molecule has 0 radical (unpaired) electrons. The minimum absolute atomic E-state index is 0.162. The summed E-state index contributed by atoms with van der Waals surface area (Å²) in [6.07, 6.45) is 0. The molecule has 0 spiro atoms. The molecule has 144 valence electrons. The number of para-hydroxylation sites is 1. The molecule has 7 heteroatoms. The second-order valence-electron chi connectivity index (χ2n) is 6.25. The molecule has 0 saturated heterocycles. The maximum atomic E-state index is 13.4. The Morgan fingerprint density at radius 1 is 1.11 bits per heavy atom. The number of methoxy groups -OCH3 is 1. The van der Waals surface area contributed by atoms with Gasteiger partial charge in [0.25, 0.3) is 0 Å². The minimum Gasteiger partial charge on any atom is -0.496 e. The number of benzene rings is 2. The Kier molecular flexibility index (Phi) is 7.16. The lowest BCUT2D eigenvalue weighted by molar-refractivity contribution is -0.148. The summed E-state index contributed by atoms with van der Waals surface area (Å²) < 4.78 is 23.8. The molecule has 0 saturated carbocycles. The predicted octanol–water partition coefficient (Wildman–Crippen LogP) is 3.72. The van der Waals surface area contributed by atoms with E-state index in [1.165, 1.54) is 25.3 Å². The van der Waals surface area contributed by atoms with Gasteiger partial charge in [-0.2, -0.15) is 0 Å². The van der Waals surface area contributed by atoms with Crippen LogP contribution in [-0.4, -0.2) is 25.2 Å². The van der Waals surface area contributed by atoms with Crippen molar-refractivity contribution >= 4 is 17.7 Å². The third-order valence-corrected chi connectivity index (χ3v) is 3.85. The highest BCUT2D eigenvalue weighted by molar-refractivity contribution is 5.92. The Morgan fingerprint density at radius 3 is 2.44 bits per heavy atom. The van der Waals surface area contributed by atoms with Gasteiger partial charge < -0.3 is 20.1 Å². The maximum Gasteiger partial charge on any atom is 0.329 e. The molecule has 2 N–H and O–H groups in total. The smallest absolute Gasteiger partial charge is 0.329 e. The molecule has 2 aromatic rings. The molecule has 0 aromatic heterocycles. The molecular formula is C20H23FN2O4. The van der Waals surface area contributed by atoms with Crippen molar-refractivity contribution in [1.82, 2.24) is 5.32 Å². The Hall–Kier alpha value is -3.09. The van der Waals surface area contributed by atoms with Gasteiger partial charge in [-0.25, -0.2) is 14.0 Å². The van der Waals surface area contributed by atoms with E-state index in [1.807, 2.05) is 6.07 Å². The third kappa shape index (κ3) is 5.99. The molecule has 2 aromatic carbocycles. The topological polar surface area (TPSA) is 76.7 Å². The van der Waals surface area contributed by atoms with E-state index in [-0.39, 0.29) is 12.5 Å². The molecule has 0 aliphatic carbocycles. The molecule has 0 unspecified atom stereocenters. The van der Waals surface area contributed by atoms with E-state index >= 15 is 0 Å². The van der Waals surface area contributed by atoms with E-state index in [9.17, 15) is 14.0 Å². The van der Waals surface area contributed by atoms with Crippen LogP contribution in [0.2, 0.25) is 0 Å². The van der Waals surface area contributed by atoms with E-state index in [0.29, 0.717) is 17.0 Å². The summed E-state index contributed by atoms with van der Waals surface area (Å²) in [5.41, 5.74) is 1.01. The van der Waals surface area contributed by atoms with E-state index in [4.69, 9.17) is 9.47 Å². The third-order valence-electron chi connectivity index (χ3n) is 3.85. The first-order valence-electron chi connectivity index (χ1n) is 8.52. The first-order valence-corrected chi connectivity index (χ1v) is 8.52. The summed E-state index contributed by atoms with van der Waals surface area (Å²) in [6, 6.07) is 11.5. The van der Waals surface area contributed by atoms with Crippen molar-refractivity contribution in [3.63, 3.8) is 0 Å². The fraction of sp³-hybridized carbons (Fsp3) is 0.300. The number of urea groups is 1. The lowest BCUT2D eigenvalue weighted by Gasteiger charge is -2.21. The van der Waals surface area contributed by atoms with Crippen LogP contribution in [0.4, 0.5) is 14.9 Å². The van der Waals surface area contributed by atoms with Gasteiger partial charge in [-0.1, -0.05) is 32.0 Å². The van der Waals surface area contributed by atoms with Crippen molar-refractivity contribution in [3.8, 4) is 5.75 Å². The second kappa shape index (κ2) is 9.56. The standard InChI is InChI=1S/C20H23FN2O4/c1-13(2)18(23-20(25)22-16-7-5-4-6-8-16)19(24)27-12-14-11-15(21)9-10-17(14)26-3/h4-11,13,18H,12H2,1-3H3,(H2,22,23,25)/t18-/m0/s1. The normalized spacial score (nSPS) is 11.6. The van der Waals surface area contributed by atoms with Crippen LogP contribution in [0.15, 0.2) is 48.5 Å². The fourth-order valence-electron chi connectivity index (χ4n) is 2.43. The average Bonchev–Trinajstić information content (AvgIpc) is 2.65. The second-order valence-corrected chi connectivity index (χ2v) is 6.25. The number of carbonyl (C=O) groups excluding carboxylic acids is 2. The molecule has 2 rings (SSSR count). The lowest BCUT2D eigenvalue weighted by Crippen LogP contribution is -2.47. The largest absolute Gasteiger partial charge is 0.496 e. The van der Waals surface area contributed by atoms with Crippen molar-refractivity contribution in [2.24, 2.45) is 5.92 Å². The number of anilines is 1. The van der Waals surface area contributed by atoms with E-state index in [0.717, 1.165) is 0 Å². The van der Waals surface area contributed by atoms with Crippen LogP contribution in [0.25, 0.3) is 0 Å². The fourth-order valence-corrected chi connectivity index (χ4v) is 2.43. The summed E-state index contributed by atoms with van der Waals surface area (Å²) in [7, 11) is 1.45. The molecule has 0 aliphatic rings. The van der Waals surface area contributed by atoms with Crippen molar-refractivity contribution in [3.05, 3.63) is 59.9 Å². The van der Waals surface area contributed by atoms with Crippen molar-refractivity contribution in [2.75, 3.05) is 12.4 Å². The van der Waals surface area contributed by atoms with Crippen molar-refractivity contribution in [1.29, 1.82) is 0 Å². The van der Waals surface area contributed by atoms with Gasteiger partial charge >= 0.3 is 12.0 Å². The highest BCUT2D eigenvalue weighted by Crippen LogP contribution is 2.20. The monoisotopic (exact) mass is 374 g/mol. The molecule has 0 aliphatic heterocycles. The number of rotatable bonds is 7. The van der Waals surface area contributed by atoms with Crippen LogP contribution in [0.3, 0.4) is 0 Å². The zero-order valence-corrected chi connectivity index (χ0v) is 15.5. The molecule has 0 fully saturated rings. The molecule has 6 nitrogen and oxygen atoms in total. The number of hydrogen-bond donors (Lipinski definition) is 2. The highest BCUT2D eigenvalue weighted by Gasteiger charge is 2.26. The zero-order chi connectivity index (χ0) is 19.8. The van der Waals surface area contributed by atoms with Crippen LogP contribution >= 0.6 is 0 Å². The van der Waals surface area contributed by atoms with Gasteiger partial charge in [0.1, 0.15) is 24.2 Å². The van der Waals surface area contributed by atoms with Crippen LogP contribution in [0.1, 0.15) is 19.4 Å².